The molecule has 2 heterocycles. The quantitative estimate of drug-likeness (QED) is 0.908. The fourth-order valence-electron chi connectivity index (χ4n) is 1.60. The van der Waals surface area contributed by atoms with Gasteiger partial charge in [-0.05, 0) is 26.0 Å². The van der Waals surface area contributed by atoms with Crippen molar-refractivity contribution in [3.05, 3.63) is 41.9 Å². The summed E-state index contributed by atoms with van der Waals surface area (Å²) in [4.78, 5) is 15.9. The summed E-state index contributed by atoms with van der Waals surface area (Å²) in [5.74, 6) is 0.290. The van der Waals surface area contributed by atoms with Crippen LogP contribution in [0.4, 0.5) is 5.82 Å². The third-order valence-electron chi connectivity index (χ3n) is 2.53. The summed E-state index contributed by atoms with van der Waals surface area (Å²) >= 11 is 0. The number of carbonyl (C=O) groups is 1. The number of nitrogens with one attached hydrogen (secondary N) is 1. The molecule has 1 N–H and O–H groups in total. The number of hydrogen-bond donors (Lipinski definition) is 1. The Morgan fingerprint density at radius 1 is 1.42 bits per heavy atom. The maximum atomic E-state index is 12.0. The van der Waals surface area contributed by atoms with Crippen LogP contribution in [0.25, 0.3) is 0 Å². The van der Waals surface area contributed by atoms with E-state index in [0.717, 1.165) is 0 Å². The van der Waals surface area contributed by atoms with E-state index < -0.39 is 0 Å². The number of pyridine rings is 1. The second kappa shape index (κ2) is 5.31. The molecule has 0 atom stereocenters. The lowest BCUT2D eigenvalue weighted by molar-refractivity contribution is 0.102. The molecule has 0 aromatic carbocycles. The summed E-state index contributed by atoms with van der Waals surface area (Å²) < 4.78 is 1.71. The van der Waals surface area contributed by atoms with Gasteiger partial charge in [-0.1, -0.05) is 0 Å². The highest BCUT2D eigenvalue weighted by Gasteiger charge is 2.12. The number of carbonyl (C=O) groups excluding carboxylic acids is 1. The number of hydrogen-bond acceptors (Lipinski definition) is 4. The number of aromatic nitrogens is 3. The van der Waals surface area contributed by atoms with Gasteiger partial charge >= 0.3 is 0 Å². The van der Waals surface area contributed by atoms with Crippen molar-refractivity contribution in [3.8, 4) is 6.07 Å². The third-order valence-corrected chi connectivity index (χ3v) is 2.53. The van der Waals surface area contributed by atoms with E-state index in [4.69, 9.17) is 5.26 Å². The number of rotatable bonds is 3. The summed E-state index contributed by atoms with van der Waals surface area (Å²) in [6.45, 7) is 3.95. The third kappa shape index (κ3) is 2.77. The molecular weight excluding hydrogens is 242 g/mol. The van der Waals surface area contributed by atoms with Gasteiger partial charge in [-0.15, -0.1) is 0 Å². The number of nitriles is 1. The predicted octanol–water partition coefficient (Wildman–Crippen LogP) is 1.98. The van der Waals surface area contributed by atoms with Crippen molar-refractivity contribution in [3.63, 3.8) is 0 Å². The molecular formula is C13H13N5O. The molecule has 0 bridgehead atoms. The van der Waals surface area contributed by atoms with Gasteiger partial charge in [-0.3, -0.25) is 4.79 Å². The fraction of sp³-hybridized carbons (Fsp3) is 0.231. The SMILES string of the molecule is CC(C)n1nccc1NC(=O)c1ccc(C#N)cn1. The first-order valence-electron chi connectivity index (χ1n) is 5.83. The Morgan fingerprint density at radius 3 is 2.79 bits per heavy atom. The van der Waals surface area contributed by atoms with Crippen LogP contribution in [0.1, 0.15) is 35.9 Å². The molecule has 0 saturated heterocycles. The zero-order valence-corrected chi connectivity index (χ0v) is 10.7. The molecule has 6 nitrogen and oxygen atoms in total. The van der Waals surface area contributed by atoms with E-state index in [0.29, 0.717) is 11.4 Å². The second-order valence-corrected chi connectivity index (χ2v) is 4.25. The normalized spacial score (nSPS) is 10.2. The maximum absolute atomic E-state index is 12.0. The zero-order valence-electron chi connectivity index (χ0n) is 10.7. The van der Waals surface area contributed by atoms with E-state index in [1.54, 1.807) is 23.0 Å². The Balaban J connectivity index is 2.16. The molecule has 0 saturated carbocycles. The van der Waals surface area contributed by atoms with Crippen LogP contribution >= 0.6 is 0 Å². The molecule has 0 unspecified atom stereocenters. The lowest BCUT2D eigenvalue weighted by atomic mass is 10.2. The summed E-state index contributed by atoms with van der Waals surface area (Å²) in [5.41, 5.74) is 0.680. The van der Waals surface area contributed by atoms with E-state index in [9.17, 15) is 4.79 Å². The minimum Gasteiger partial charge on any atom is -0.305 e. The van der Waals surface area contributed by atoms with Gasteiger partial charge in [0, 0.05) is 18.3 Å². The van der Waals surface area contributed by atoms with Gasteiger partial charge in [0.05, 0.1) is 11.8 Å². The highest BCUT2D eigenvalue weighted by atomic mass is 16.2. The summed E-state index contributed by atoms with van der Waals surface area (Å²) in [6, 6.07) is 6.91. The Kier molecular flexibility index (Phi) is 3.57. The van der Waals surface area contributed by atoms with E-state index in [-0.39, 0.29) is 17.6 Å². The van der Waals surface area contributed by atoms with Crippen LogP contribution in [0.2, 0.25) is 0 Å². The maximum Gasteiger partial charge on any atom is 0.275 e. The first kappa shape index (κ1) is 12.8. The molecule has 6 heteroatoms. The molecule has 2 rings (SSSR count). The van der Waals surface area contributed by atoms with Gasteiger partial charge in [0.2, 0.25) is 0 Å². The molecule has 1 amide bonds. The Labute approximate surface area is 110 Å². The average molecular weight is 255 g/mol. The summed E-state index contributed by atoms with van der Waals surface area (Å²) in [5, 5.41) is 15.5. The van der Waals surface area contributed by atoms with Gasteiger partial charge in [-0.2, -0.15) is 10.4 Å². The Hall–Kier alpha value is -2.68. The van der Waals surface area contributed by atoms with Crippen LogP contribution < -0.4 is 5.32 Å². The molecule has 0 fully saturated rings. The number of amides is 1. The van der Waals surface area contributed by atoms with E-state index in [1.165, 1.54) is 12.3 Å². The zero-order chi connectivity index (χ0) is 13.8. The largest absolute Gasteiger partial charge is 0.305 e. The predicted molar refractivity (Wildman–Crippen MR) is 69.5 cm³/mol. The van der Waals surface area contributed by atoms with Crippen LogP contribution in [-0.2, 0) is 0 Å². The number of anilines is 1. The lowest BCUT2D eigenvalue weighted by Crippen LogP contribution is -2.17. The van der Waals surface area contributed by atoms with Crippen LogP contribution in [0.3, 0.4) is 0 Å². The molecule has 0 aliphatic rings. The first-order valence-corrected chi connectivity index (χ1v) is 5.83. The van der Waals surface area contributed by atoms with Gasteiger partial charge in [0.15, 0.2) is 0 Å². The van der Waals surface area contributed by atoms with Crippen molar-refractivity contribution in [2.24, 2.45) is 0 Å². The topological polar surface area (TPSA) is 83.6 Å². The first-order chi connectivity index (χ1) is 9.11. The van der Waals surface area contributed by atoms with Crippen LogP contribution in [0, 0.1) is 11.3 Å². The average Bonchev–Trinajstić information content (AvgIpc) is 2.87. The van der Waals surface area contributed by atoms with Crippen molar-refractivity contribution in [2.75, 3.05) is 5.32 Å². The number of nitrogens with zero attached hydrogens (tertiary/aromatic N) is 4. The molecule has 0 aliphatic carbocycles. The van der Waals surface area contributed by atoms with Crippen LogP contribution in [-0.4, -0.2) is 20.7 Å². The molecule has 2 aromatic heterocycles. The monoisotopic (exact) mass is 255 g/mol. The Bertz CT molecular complexity index is 621. The van der Waals surface area contributed by atoms with E-state index in [2.05, 4.69) is 15.4 Å². The van der Waals surface area contributed by atoms with Crippen molar-refractivity contribution in [2.45, 2.75) is 19.9 Å². The van der Waals surface area contributed by atoms with Gasteiger partial charge in [0.25, 0.3) is 5.91 Å². The smallest absolute Gasteiger partial charge is 0.275 e. The molecule has 0 aliphatic heterocycles. The highest BCUT2D eigenvalue weighted by Crippen LogP contribution is 2.13. The highest BCUT2D eigenvalue weighted by molar-refractivity contribution is 6.02. The van der Waals surface area contributed by atoms with Gasteiger partial charge in [0.1, 0.15) is 17.6 Å². The molecule has 96 valence electrons. The Morgan fingerprint density at radius 2 is 2.21 bits per heavy atom. The van der Waals surface area contributed by atoms with Crippen molar-refractivity contribution in [1.82, 2.24) is 14.8 Å². The molecule has 0 radical (unpaired) electrons. The minimum absolute atomic E-state index is 0.152. The summed E-state index contributed by atoms with van der Waals surface area (Å²) in [6.07, 6.45) is 3.00. The minimum atomic E-state index is -0.327. The molecule has 19 heavy (non-hydrogen) atoms. The van der Waals surface area contributed by atoms with E-state index in [1.807, 2.05) is 19.9 Å². The van der Waals surface area contributed by atoms with Gasteiger partial charge < -0.3 is 5.32 Å². The van der Waals surface area contributed by atoms with Crippen molar-refractivity contribution < 1.29 is 4.79 Å². The second-order valence-electron chi connectivity index (χ2n) is 4.25. The summed E-state index contributed by atoms with van der Waals surface area (Å²) in [7, 11) is 0. The molecule has 0 spiro atoms. The van der Waals surface area contributed by atoms with E-state index >= 15 is 0 Å². The van der Waals surface area contributed by atoms with Gasteiger partial charge in [-0.25, -0.2) is 9.67 Å². The standard InChI is InChI=1S/C13H13N5O/c1-9(2)18-12(5-6-16-18)17-13(19)11-4-3-10(7-14)8-15-11/h3-6,8-9H,1-2H3,(H,17,19). The van der Waals surface area contributed by atoms with Crippen molar-refractivity contribution >= 4 is 11.7 Å². The lowest BCUT2D eigenvalue weighted by Gasteiger charge is -2.11. The molecule has 2 aromatic rings. The van der Waals surface area contributed by atoms with Crippen LogP contribution in [0.15, 0.2) is 30.6 Å². The van der Waals surface area contributed by atoms with Crippen molar-refractivity contribution in [1.29, 1.82) is 5.26 Å². The fourth-order valence-corrected chi connectivity index (χ4v) is 1.60. The van der Waals surface area contributed by atoms with Crippen LogP contribution in [0.5, 0.6) is 0 Å².